The van der Waals surface area contributed by atoms with Crippen molar-refractivity contribution >= 4 is 0 Å². The Kier molecular flexibility index (Phi) is 4.94. The minimum atomic E-state index is -0.140. The van der Waals surface area contributed by atoms with Gasteiger partial charge in [-0.05, 0) is 37.0 Å². The molecule has 2 atom stereocenters. The molecular weight excluding hydrogens is 239 g/mol. The second-order valence-corrected chi connectivity index (χ2v) is 6.14. The number of hydrogen-bond donors (Lipinski definition) is 1. The molecule has 2 nitrogen and oxygen atoms in total. The molecule has 1 N–H and O–H groups in total. The lowest BCUT2D eigenvalue weighted by Gasteiger charge is -2.39. The lowest BCUT2D eigenvalue weighted by Crippen LogP contribution is -2.55. The zero-order chi connectivity index (χ0) is 13.8. The van der Waals surface area contributed by atoms with Crippen LogP contribution in [0.4, 0.5) is 4.39 Å². The maximum absolute atomic E-state index is 13.2. The van der Waals surface area contributed by atoms with E-state index in [1.165, 1.54) is 12.5 Å². The van der Waals surface area contributed by atoms with Crippen molar-refractivity contribution in [3.05, 3.63) is 35.6 Å². The summed E-state index contributed by atoms with van der Waals surface area (Å²) < 4.78 is 13.2. The monoisotopic (exact) mass is 264 g/mol. The van der Waals surface area contributed by atoms with Gasteiger partial charge in [0, 0.05) is 31.7 Å². The molecule has 1 aromatic carbocycles. The van der Waals surface area contributed by atoms with E-state index in [2.05, 4.69) is 31.0 Å². The molecule has 2 unspecified atom stereocenters. The fourth-order valence-corrected chi connectivity index (χ4v) is 2.81. The van der Waals surface area contributed by atoms with Crippen molar-refractivity contribution in [3.63, 3.8) is 0 Å². The summed E-state index contributed by atoms with van der Waals surface area (Å²) in [5.41, 5.74) is 1.07. The predicted molar refractivity (Wildman–Crippen MR) is 77.5 cm³/mol. The Labute approximate surface area is 116 Å². The van der Waals surface area contributed by atoms with E-state index in [1.54, 1.807) is 12.1 Å². The molecule has 0 aromatic heterocycles. The molecule has 1 aromatic rings. The number of rotatable bonds is 4. The molecule has 1 fully saturated rings. The highest BCUT2D eigenvalue weighted by Gasteiger charge is 2.25. The third kappa shape index (κ3) is 4.29. The number of piperazine rings is 1. The van der Waals surface area contributed by atoms with E-state index < -0.39 is 0 Å². The minimum Gasteiger partial charge on any atom is -0.311 e. The number of nitrogens with zero attached hydrogens (tertiary/aromatic N) is 1. The summed E-state index contributed by atoms with van der Waals surface area (Å²) in [5, 5.41) is 3.61. The third-order valence-corrected chi connectivity index (χ3v) is 3.81. The van der Waals surface area contributed by atoms with E-state index in [4.69, 9.17) is 0 Å². The first-order chi connectivity index (χ1) is 9.04. The van der Waals surface area contributed by atoms with E-state index in [0.29, 0.717) is 18.0 Å². The summed E-state index contributed by atoms with van der Waals surface area (Å²) in [6.07, 6.45) is 1.20. The first-order valence-corrected chi connectivity index (χ1v) is 7.26. The van der Waals surface area contributed by atoms with Crippen molar-refractivity contribution in [2.45, 2.75) is 45.8 Å². The fraction of sp³-hybridized carbons (Fsp3) is 0.625. The molecule has 0 radical (unpaired) electrons. The van der Waals surface area contributed by atoms with Gasteiger partial charge < -0.3 is 5.32 Å². The van der Waals surface area contributed by atoms with Crippen LogP contribution in [0, 0.1) is 11.7 Å². The summed E-state index contributed by atoms with van der Waals surface area (Å²) in [5.74, 6) is 0.570. The Morgan fingerprint density at radius 2 is 2.21 bits per heavy atom. The van der Waals surface area contributed by atoms with Crippen molar-refractivity contribution in [2.75, 3.05) is 13.1 Å². The molecule has 1 saturated heterocycles. The molecule has 1 aliphatic heterocycles. The topological polar surface area (TPSA) is 15.3 Å². The highest BCUT2D eigenvalue weighted by Crippen LogP contribution is 2.16. The van der Waals surface area contributed by atoms with E-state index >= 15 is 0 Å². The van der Waals surface area contributed by atoms with Gasteiger partial charge in [-0.15, -0.1) is 0 Å². The third-order valence-electron chi connectivity index (χ3n) is 3.81. The van der Waals surface area contributed by atoms with Gasteiger partial charge in [-0.3, -0.25) is 4.90 Å². The van der Waals surface area contributed by atoms with E-state index in [1.807, 2.05) is 6.07 Å². The zero-order valence-electron chi connectivity index (χ0n) is 12.2. The van der Waals surface area contributed by atoms with Crippen LogP contribution in [0.5, 0.6) is 0 Å². The van der Waals surface area contributed by atoms with Crippen LogP contribution in [0.25, 0.3) is 0 Å². The Morgan fingerprint density at radius 1 is 1.42 bits per heavy atom. The van der Waals surface area contributed by atoms with Crippen LogP contribution < -0.4 is 5.32 Å². The van der Waals surface area contributed by atoms with Crippen molar-refractivity contribution in [1.82, 2.24) is 10.2 Å². The molecule has 2 rings (SSSR count). The van der Waals surface area contributed by atoms with Gasteiger partial charge in [0.25, 0.3) is 0 Å². The van der Waals surface area contributed by atoms with Crippen LogP contribution in [-0.2, 0) is 6.54 Å². The van der Waals surface area contributed by atoms with Gasteiger partial charge in [-0.2, -0.15) is 0 Å². The molecule has 0 amide bonds. The molecular formula is C16H25FN2. The number of halogens is 1. The van der Waals surface area contributed by atoms with E-state index in [-0.39, 0.29) is 5.82 Å². The Morgan fingerprint density at radius 3 is 2.89 bits per heavy atom. The summed E-state index contributed by atoms with van der Waals surface area (Å²) in [6, 6.07) is 8.02. The predicted octanol–water partition coefficient (Wildman–Crippen LogP) is 3.03. The summed E-state index contributed by atoms with van der Waals surface area (Å²) >= 11 is 0. The largest absolute Gasteiger partial charge is 0.311 e. The van der Waals surface area contributed by atoms with Crippen LogP contribution in [0.3, 0.4) is 0 Å². The van der Waals surface area contributed by atoms with E-state index in [9.17, 15) is 4.39 Å². The van der Waals surface area contributed by atoms with E-state index in [0.717, 1.165) is 25.2 Å². The molecule has 0 aliphatic carbocycles. The number of benzene rings is 1. The summed E-state index contributed by atoms with van der Waals surface area (Å²) in [7, 11) is 0. The smallest absolute Gasteiger partial charge is 0.123 e. The minimum absolute atomic E-state index is 0.140. The molecule has 1 aliphatic rings. The lowest BCUT2D eigenvalue weighted by molar-refractivity contribution is 0.124. The van der Waals surface area contributed by atoms with Gasteiger partial charge in [0.1, 0.15) is 5.82 Å². The second-order valence-electron chi connectivity index (χ2n) is 6.14. The van der Waals surface area contributed by atoms with Crippen LogP contribution in [0.15, 0.2) is 24.3 Å². The highest BCUT2D eigenvalue weighted by atomic mass is 19.1. The maximum atomic E-state index is 13.2. The van der Waals surface area contributed by atoms with Crippen molar-refractivity contribution in [1.29, 1.82) is 0 Å². The molecule has 3 heteroatoms. The normalized spacial score (nSPS) is 24.9. The van der Waals surface area contributed by atoms with Gasteiger partial charge in [0.05, 0.1) is 0 Å². The van der Waals surface area contributed by atoms with Crippen LogP contribution in [0.2, 0.25) is 0 Å². The summed E-state index contributed by atoms with van der Waals surface area (Å²) in [6.45, 7) is 9.67. The standard InChI is InChI=1S/C16H25FN2/c1-12(2)7-16-11-19(13(3)9-18-16)10-14-5-4-6-15(17)8-14/h4-6,8,12-13,16,18H,7,9-11H2,1-3H3. The Hall–Kier alpha value is -0.930. The van der Waals surface area contributed by atoms with Gasteiger partial charge in [0.15, 0.2) is 0 Å². The lowest BCUT2D eigenvalue weighted by atomic mass is 9.99. The molecule has 19 heavy (non-hydrogen) atoms. The number of hydrogen-bond acceptors (Lipinski definition) is 2. The number of nitrogens with one attached hydrogen (secondary N) is 1. The van der Waals surface area contributed by atoms with Crippen molar-refractivity contribution < 1.29 is 4.39 Å². The quantitative estimate of drug-likeness (QED) is 0.899. The van der Waals surface area contributed by atoms with Gasteiger partial charge in [0.2, 0.25) is 0 Å². The average Bonchev–Trinajstić information content (AvgIpc) is 2.33. The molecule has 106 valence electrons. The Bertz CT molecular complexity index is 405. The average molecular weight is 264 g/mol. The molecule has 0 spiro atoms. The maximum Gasteiger partial charge on any atom is 0.123 e. The van der Waals surface area contributed by atoms with Crippen molar-refractivity contribution in [3.8, 4) is 0 Å². The first-order valence-electron chi connectivity index (χ1n) is 7.26. The molecule has 0 saturated carbocycles. The molecule has 1 heterocycles. The van der Waals surface area contributed by atoms with Gasteiger partial charge in [-0.1, -0.05) is 26.0 Å². The van der Waals surface area contributed by atoms with Crippen LogP contribution in [0.1, 0.15) is 32.8 Å². The van der Waals surface area contributed by atoms with Gasteiger partial charge >= 0.3 is 0 Å². The highest BCUT2D eigenvalue weighted by molar-refractivity contribution is 5.16. The van der Waals surface area contributed by atoms with Crippen molar-refractivity contribution in [2.24, 2.45) is 5.92 Å². The Balaban J connectivity index is 1.97. The summed E-state index contributed by atoms with van der Waals surface area (Å²) in [4.78, 5) is 2.46. The van der Waals surface area contributed by atoms with Crippen LogP contribution >= 0.6 is 0 Å². The first kappa shape index (κ1) is 14.5. The SMILES string of the molecule is CC(C)CC1CN(Cc2cccc(F)c2)C(C)CN1. The fourth-order valence-electron chi connectivity index (χ4n) is 2.81. The van der Waals surface area contributed by atoms with Crippen LogP contribution in [-0.4, -0.2) is 30.1 Å². The second kappa shape index (κ2) is 6.49. The molecule has 0 bridgehead atoms. The van der Waals surface area contributed by atoms with Gasteiger partial charge in [-0.25, -0.2) is 4.39 Å². The zero-order valence-corrected chi connectivity index (χ0v) is 12.2.